The third-order valence-electron chi connectivity index (χ3n) is 3.37. The predicted molar refractivity (Wildman–Crippen MR) is 86.8 cm³/mol. The summed E-state index contributed by atoms with van der Waals surface area (Å²) in [5.41, 5.74) is 3.10. The van der Waals surface area contributed by atoms with Gasteiger partial charge in [0.05, 0.1) is 11.8 Å². The van der Waals surface area contributed by atoms with Gasteiger partial charge in [-0.2, -0.15) is 5.10 Å². The maximum Gasteiger partial charge on any atom is 0.278 e. The quantitative estimate of drug-likeness (QED) is 0.806. The topological polar surface area (TPSA) is 69.0 Å². The Morgan fingerprint density at radius 3 is 2.73 bits per heavy atom. The van der Waals surface area contributed by atoms with Gasteiger partial charge in [0.1, 0.15) is 11.3 Å². The number of rotatable bonds is 3. The van der Waals surface area contributed by atoms with Gasteiger partial charge in [-0.1, -0.05) is 17.4 Å². The molecule has 0 bridgehead atoms. The van der Waals surface area contributed by atoms with E-state index in [9.17, 15) is 4.79 Å². The van der Waals surface area contributed by atoms with Gasteiger partial charge >= 0.3 is 0 Å². The zero-order valence-electron chi connectivity index (χ0n) is 12.8. The van der Waals surface area contributed by atoms with Crippen LogP contribution in [0.3, 0.4) is 0 Å². The number of amides is 1. The lowest BCUT2D eigenvalue weighted by molar-refractivity contribution is 0.102. The van der Waals surface area contributed by atoms with Crippen LogP contribution in [0, 0.1) is 13.8 Å². The van der Waals surface area contributed by atoms with Crippen molar-refractivity contribution >= 4 is 32.6 Å². The molecule has 0 aliphatic carbocycles. The number of ether oxygens (including phenoxy) is 1. The summed E-state index contributed by atoms with van der Waals surface area (Å²) in [4.78, 5) is 16.8. The van der Waals surface area contributed by atoms with Crippen LogP contribution in [0.4, 0.5) is 5.13 Å². The Labute approximate surface area is 131 Å². The summed E-state index contributed by atoms with van der Waals surface area (Å²) < 4.78 is 7.95. The molecule has 1 aromatic carbocycles. The second kappa shape index (κ2) is 5.42. The lowest BCUT2D eigenvalue weighted by Crippen LogP contribution is -2.13. The lowest BCUT2D eigenvalue weighted by Gasteiger charge is -2.01. The summed E-state index contributed by atoms with van der Waals surface area (Å²) in [7, 11) is 3.40. The van der Waals surface area contributed by atoms with Crippen LogP contribution in [0.5, 0.6) is 5.75 Å². The Kier molecular flexibility index (Phi) is 3.58. The Hall–Kier alpha value is -2.41. The van der Waals surface area contributed by atoms with Crippen molar-refractivity contribution in [3.63, 3.8) is 0 Å². The van der Waals surface area contributed by atoms with E-state index in [2.05, 4.69) is 15.4 Å². The maximum absolute atomic E-state index is 12.3. The molecule has 1 N–H and O–H groups in total. The number of nitrogens with zero attached hydrogens (tertiary/aromatic N) is 3. The van der Waals surface area contributed by atoms with Crippen LogP contribution in [-0.4, -0.2) is 27.8 Å². The molecule has 0 unspecified atom stereocenters. The summed E-state index contributed by atoms with van der Waals surface area (Å²) in [5, 5.41) is 7.53. The van der Waals surface area contributed by atoms with Gasteiger partial charge in [-0.15, -0.1) is 0 Å². The predicted octanol–water partition coefficient (Wildman–Crippen LogP) is 2.91. The van der Waals surface area contributed by atoms with Crippen molar-refractivity contribution < 1.29 is 9.53 Å². The van der Waals surface area contributed by atoms with E-state index in [1.165, 1.54) is 11.3 Å². The maximum atomic E-state index is 12.3. The van der Waals surface area contributed by atoms with Crippen LogP contribution >= 0.6 is 11.3 Å². The average molecular weight is 316 g/mol. The Morgan fingerprint density at radius 1 is 1.32 bits per heavy atom. The molecule has 22 heavy (non-hydrogen) atoms. The van der Waals surface area contributed by atoms with Crippen LogP contribution in [0.15, 0.2) is 18.3 Å². The molecular formula is C15H16N4O2S. The molecular weight excluding hydrogens is 300 g/mol. The highest BCUT2D eigenvalue weighted by atomic mass is 32.1. The number of thiazole rings is 1. The van der Waals surface area contributed by atoms with Crippen LogP contribution in [0.25, 0.3) is 10.2 Å². The fourth-order valence-corrected chi connectivity index (χ4v) is 3.26. The Morgan fingerprint density at radius 2 is 2.09 bits per heavy atom. The molecule has 0 aliphatic heterocycles. The molecule has 0 radical (unpaired) electrons. The van der Waals surface area contributed by atoms with E-state index < -0.39 is 0 Å². The second-order valence-corrected chi connectivity index (χ2v) is 6.07. The number of methoxy groups -OCH3 is 1. The first-order valence-electron chi connectivity index (χ1n) is 6.75. The summed E-state index contributed by atoms with van der Waals surface area (Å²) in [6.07, 6.45) is 1.81. The summed E-state index contributed by atoms with van der Waals surface area (Å²) in [6, 6.07) is 3.86. The minimum atomic E-state index is -0.256. The van der Waals surface area contributed by atoms with Gasteiger partial charge in [-0.3, -0.25) is 14.8 Å². The molecule has 2 aromatic heterocycles. The molecule has 2 heterocycles. The number of anilines is 1. The molecule has 0 aliphatic rings. The van der Waals surface area contributed by atoms with Crippen molar-refractivity contribution in [2.24, 2.45) is 7.05 Å². The highest BCUT2D eigenvalue weighted by Gasteiger charge is 2.17. The van der Waals surface area contributed by atoms with Crippen molar-refractivity contribution in [2.75, 3.05) is 12.4 Å². The lowest BCUT2D eigenvalue weighted by atomic mass is 10.2. The first-order chi connectivity index (χ1) is 10.5. The molecule has 114 valence electrons. The first kappa shape index (κ1) is 14.5. The van der Waals surface area contributed by atoms with E-state index in [1.807, 2.05) is 26.0 Å². The number of aromatic nitrogens is 3. The highest BCUT2D eigenvalue weighted by molar-refractivity contribution is 7.22. The second-order valence-electron chi connectivity index (χ2n) is 5.07. The smallest absolute Gasteiger partial charge is 0.278 e. The monoisotopic (exact) mass is 316 g/mol. The fraction of sp³-hybridized carbons (Fsp3) is 0.267. The van der Waals surface area contributed by atoms with Gasteiger partial charge in [0.15, 0.2) is 10.8 Å². The molecule has 3 rings (SSSR count). The van der Waals surface area contributed by atoms with Gasteiger partial charge in [0.25, 0.3) is 5.91 Å². The van der Waals surface area contributed by atoms with E-state index >= 15 is 0 Å². The van der Waals surface area contributed by atoms with Gasteiger partial charge < -0.3 is 4.74 Å². The SMILES string of the molecule is COc1ccc(C)c2sc(NC(=O)c3nn(C)cc3C)nc12. The zero-order valence-corrected chi connectivity index (χ0v) is 13.6. The van der Waals surface area contributed by atoms with E-state index in [0.29, 0.717) is 16.6 Å². The number of carbonyl (C=O) groups is 1. The highest BCUT2D eigenvalue weighted by Crippen LogP contribution is 2.34. The van der Waals surface area contributed by atoms with E-state index in [0.717, 1.165) is 21.3 Å². The van der Waals surface area contributed by atoms with Crippen molar-refractivity contribution in [3.05, 3.63) is 35.2 Å². The molecule has 7 heteroatoms. The summed E-state index contributed by atoms with van der Waals surface area (Å²) in [6.45, 7) is 3.86. The number of aryl methyl sites for hydroxylation is 3. The van der Waals surface area contributed by atoms with Gasteiger partial charge in [-0.25, -0.2) is 4.98 Å². The number of benzene rings is 1. The third-order valence-corrected chi connectivity index (χ3v) is 4.48. The van der Waals surface area contributed by atoms with Crippen molar-refractivity contribution in [1.29, 1.82) is 0 Å². The molecule has 3 aromatic rings. The first-order valence-corrected chi connectivity index (χ1v) is 7.57. The number of nitrogens with one attached hydrogen (secondary N) is 1. The number of hydrogen-bond donors (Lipinski definition) is 1. The van der Waals surface area contributed by atoms with E-state index in [4.69, 9.17) is 4.74 Å². The third kappa shape index (κ3) is 2.43. The Balaban J connectivity index is 1.96. The van der Waals surface area contributed by atoms with Crippen LogP contribution in [0.1, 0.15) is 21.6 Å². The van der Waals surface area contributed by atoms with E-state index in [1.54, 1.807) is 25.0 Å². The largest absolute Gasteiger partial charge is 0.494 e. The zero-order chi connectivity index (χ0) is 15.9. The van der Waals surface area contributed by atoms with Gasteiger partial charge in [0, 0.05) is 18.8 Å². The van der Waals surface area contributed by atoms with Gasteiger partial charge in [0.2, 0.25) is 0 Å². The van der Waals surface area contributed by atoms with Crippen molar-refractivity contribution in [3.8, 4) is 5.75 Å². The number of carbonyl (C=O) groups excluding carboxylic acids is 1. The molecule has 1 amide bonds. The minimum absolute atomic E-state index is 0.256. The average Bonchev–Trinajstić information content (AvgIpc) is 3.03. The molecule has 0 saturated heterocycles. The molecule has 6 nitrogen and oxygen atoms in total. The Bertz CT molecular complexity index is 866. The molecule has 0 atom stereocenters. The number of hydrogen-bond acceptors (Lipinski definition) is 5. The summed E-state index contributed by atoms with van der Waals surface area (Å²) >= 11 is 1.43. The molecule has 0 fully saturated rings. The minimum Gasteiger partial charge on any atom is -0.494 e. The fourth-order valence-electron chi connectivity index (χ4n) is 2.32. The number of fused-ring (bicyclic) bond motifs is 1. The van der Waals surface area contributed by atoms with Gasteiger partial charge in [-0.05, 0) is 25.5 Å². The van der Waals surface area contributed by atoms with Crippen molar-refractivity contribution in [2.45, 2.75) is 13.8 Å². The molecule has 0 spiro atoms. The van der Waals surface area contributed by atoms with Crippen LogP contribution in [-0.2, 0) is 7.05 Å². The van der Waals surface area contributed by atoms with Crippen LogP contribution in [0.2, 0.25) is 0 Å². The summed E-state index contributed by atoms with van der Waals surface area (Å²) in [5.74, 6) is 0.445. The van der Waals surface area contributed by atoms with Crippen LogP contribution < -0.4 is 10.1 Å². The molecule has 0 saturated carbocycles. The van der Waals surface area contributed by atoms with E-state index in [-0.39, 0.29) is 5.91 Å². The normalized spacial score (nSPS) is 10.9. The standard InChI is InChI=1S/C15H16N4O2S/c1-8-5-6-10(21-4)12-13(8)22-15(16-12)17-14(20)11-9(2)7-19(3)18-11/h5-7H,1-4H3,(H,16,17,20). The van der Waals surface area contributed by atoms with Crippen molar-refractivity contribution in [1.82, 2.24) is 14.8 Å².